The lowest BCUT2D eigenvalue weighted by molar-refractivity contribution is 0.0931. The van der Waals surface area contributed by atoms with Gasteiger partial charge >= 0.3 is 23.2 Å². The van der Waals surface area contributed by atoms with Crippen LogP contribution < -0.4 is 16.4 Å². The van der Waals surface area contributed by atoms with Gasteiger partial charge in [-0.15, -0.1) is 0 Å². The Hall–Kier alpha value is -1.15. The first kappa shape index (κ1) is 24.1. The molecule has 0 bridgehead atoms. The predicted octanol–water partition coefficient (Wildman–Crippen LogP) is -0.697. The van der Waals surface area contributed by atoms with E-state index in [4.69, 9.17) is 25.2 Å². The van der Waals surface area contributed by atoms with Gasteiger partial charge in [-0.3, -0.25) is 15.1 Å². The summed E-state index contributed by atoms with van der Waals surface area (Å²) < 4.78 is 47.5. The van der Waals surface area contributed by atoms with Crippen molar-refractivity contribution < 1.29 is 51.4 Å². The number of nitrogens with two attached hydrogens (primary N) is 1. The fourth-order valence-corrected chi connectivity index (χ4v) is 5.60. The topological polar surface area (TPSA) is 245 Å². The van der Waals surface area contributed by atoms with Crippen molar-refractivity contribution in [1.82, 2.24) is 14.9 Å². The number of carbonyl (C=O) groups excluding carboxylic acids is 1. The van der Waals surface area contributed by atoms with Crippen LogP contribution in [0.5, 0.6) is 0 Å². The summed E-state index contributed by atoms with van der Waals surface area (Å²) in [6.45, 7) is 1.85. The van der Waals surface area contributed by atoms with Crippen molar-refractivity contribution in [2.75, 3.05) is 18.3 Å². The molecular formula is C10H20N5O11P3. The third-order valence-corrected chi connectivity index (χ3v) is 7.27. The standard InChI is InChI=1S/C10H20N5O11P3/c1-6(2-15-4-12-7-8(15)13-10(11)14-9(7)16)3-24-5-27(17,18)25-29(22,23)26-28(19,20)21/h4,6,10,13H,2-3,5,11H2,1H3,(H,14,16)(H,17,18)(H,22,23)(H2,19,20,21). The van der Waals surface area contributed by atoms with Crippen LogP contribution in [-0.2, 0) is 33.6 Å². The summed E-state index contributed by atoms with van der Waals surface area (Å²) in [4.78, 5) is 51.3. The van der Waals surface area contributed by atoms with Crippen molar-refractivity contribution >= 4 is 35.0 Å². The molecule has 0 spiro atoms. The summed E-state index contributed by atoms with van der Waals surface area (Å²) in [6.07, 6.45) is -0.438. The number of nitrogens with zero attached hydrogens (tertiary/aromatic N) is 2. The van der Waals surface area contributed by atoms with Gasteiger partial charge in [-0.05, 0) is 5.92 Å². The molecule has 0 saturated carbocycles. The monoisotopic (exact) mass is 479 g/mol. The molecule has 4 unspecified atom stereocenters. The molecule has 2 rings (SSSR count). The molecule has 8 N–H and O–H groups in total. The Morgan fingerprint density at radius 2 is 1.90 bits per heavy atom. The molecule has 1 aromatic heterocycles. The molecular weight excluding hydrogens is 459 g/mol. The number of nitrogens with one attached hydrogen (secondary N) is 2. The summed E-state index contributed by atoms with van der Waals surface area (Å²) in [7, 11) is -15.8. The molecule has 19 heteroatoms. The number of hydrogen-bond acceptors (Lipinski definition) is 10. The minimum Gasteiger partial charge on any atom is -0.368 e. The van der Waals surface area contributed by atoms with E-state index in [1.807, 2.05) is 0 Å². The summed E-state index contributed by atoms with van der Waals surface area (Å²) in [5, 5.41) is 5.27. The zero-order chi connectivity index (χ0) is 22.0. The lowest BCUT2D eigenvalue weighted by Gasteiger charge is -2.24. The van der Waals surface area contributed by atoms with Gasteiger partial charge in [0.2, 0.25) is 0 Å². The van der Waals surface area contributed by atoms with Crippen LogP contribution in [0.4, 0.5) is 5.82 Å². The number of phosphoric acid groups is 2. The molecule has 2 heterocycles. The van der Waals surface area contributed by atoms with Crippen molar-refractivity contribution in [3.63, 3.8) is 0 Å². The van der Waals surface area contributed by atoms with E-state index in [0.29, 0.717) is 5.82 Å². The molecule has 0 aliphatic carbocycles. The number of hydrogen-bond donors (Lipinski definition) is 7. The van der Waals surface area contributed by atoms with Crippen molar-refractivity contribution in [2.45, 2.75) is 19.8 Å². The van der Waals surface area contributed by atoms with Crippen LogP contribution in [0.2, 0.25) is 0 Å². The zero-order valence-electron chi connectivity index (χ0n) is 14.8. The number of aromatic nitrogens is 2. The van der Waals surface area contributed by atoms with E-state index in [9.17, 15) is 23.4 Å². The molecule has 1 amide bonds. The van der Waals surface area contributed by atoms with E-state index < -0.39 is 41.8 Å². The highest BCUT2D eigenvalue weighted by Gasteiger charge is 2.39. The molecule has 0 fully saturated rings. The molecule has 1 aliphatic heterocycles. The van der Waals surface area contributed by atoms with Crippen molar-refractivity contribution in [3.05, 3.63) is 12.0 Å². The average Bonchev–Trinajstić information content (AvgIpc) is 2.86. The molecule has 166 valence electrons. The van der Waals surface area contributed by atoms with E-state index >= 15 is 0 Å². The molecule has 1 aromatic rings. The van der Waals surface area contributed by atoms with Gasteiger partial charge in [0.05, 0.1) is 12.9 Å². The molecule has 16 nitrogen and oxygen atoms in total. The maximum Gasteiger partial charge on any atom is 0.488 e. The van der Waals surface area contributed by atoms with Gasteiger partial charge in [-0.25, -0.2) is 18.4 Å². The fraction of sp³-hybridized carbons (Fsp3) is 0.600. The number of imidazole rings is 1. The normalized spacial score (nSPS) is 22.0. The first-order valence-corrected chi connectivity index (χ1v) is 12.5. The van der Waals surface area contributed by atoms with Gasteiger partial charge < -0.3 is 39.5 Å². The number of anilines is 1. The maximum absolute atomic E-state index is 11.8. The first-order valence-electron chi connectivity index (χ1n) is 7.76. The number of fused-ring (bicyclic) bond motifs is 1. The summed E-state index contributed by atoms with van der Waals surface area (Å²) in [5.74, 6) is -0.345. The molecule has 4 atom stereocenters. The van der Waals surface area contributed by atoms with Crippen molar-refractivity contribution in [3.8, 4) is 0 Å². The first-order chi connectivity index (χ1) is 13.2. The van der Waals surface area contributed by atoms with Crippen molar-refractivity contribution in [1.29, 1.82) is 0 Å². The largest absolute Gasteiger partial charge is 0.488 e. The van der Waals surface area contributed by atoms with E-state index in [2.05, 4.69) is 24.2 Å². The van der Waals surface area contributed by atoms with E-state index in [0.717, 1.165) is 0 Å². The lowest BCUT2D eigenvalue weighted by atomic mass is 10.2. The Morgan fingerprint density at radius 1 is 1.24 bits per heavy atom. The van der Waals surface area contributed by atoms with Gasteiger partial charge in [-0.1, -0.05) is 6.92 Å². The van der Waals surface area contributed by atoms with Crippen LogP contribution in [0, 0.1) is 5.92 Å². The SMILES string of the molecule is CC(COCP(=O)(O)OP(=O)(O)OP(=O)(O)O)Cn1cnc2c1NC(N)NC2=O. The Balaban J connectivity index is 1.86. The highest BCUT2D eigenvalue weighted by Crippen LogP contribution is 2.65. The molecule has 0 aromatic carbocycles. The third kappa shape index (κ3) is 7.55. The Labute approximate surface area is 163 Å². The van der Waals surface area contributed by atoms with Crippen molar-refractivity contribution in [2.24, 2.45) is 11.7 Å². The van der Waals surface area contributed by atoms with Crippen LogP contribution in [0.3, 0.4) is 0 Å². The number of amides is 1. The van der Waals surface area contributed by atoms with Crippen LogP contribution in [0.1, 0.15) is 17.4 Å². The van der Waals surface area contributed by atoms with Gasteiger partial charge in [0.1, 0.15) is 12.2 Å². The quantitative estimate of drug-likeness (QED) is 0.205. The average molecular weight is 479 g/mol. The van der Waals surface area contributed by atoms with E-state index in [1.165, 1.54) is 6.33 Å². The van der Waals surface area contributed by atoms with Crippen LogP contribution in [0.15, 0.2) is 6.33 Å². The fourth-order valence-electron chi connectivity index (χ4n) is 2.32. The summed E-state index contributed by atoms with van der Waals surface area (Å²) >= 11 is 0. The Bertz CT molecular complexity index is 900. The van der Waals surface area contributed by atoms with Crippen LogP contribution in [-0.4, -0.2) is 54.3 Å². The highest BCUT2D eigenvalue weighted by molar-refractivity contribution is 7.68. The number of carbonyl (C=O) groups is 1. The molecule has 0 radical (unpaired) electrons. The number of rotatable bonds is 10. The molecule has 1 aliphatic rings. The Morgan fingerprint density at radius 3 is 2.52 bits per heavy atom. The zero-order valence-corrected chi connectivity index (χ0v) is 17.5. The van der Waals surface area contributed by atoms with Crippen LogP contribution >= 0.6 is 23.2 Å². The minimum absolute atomic E-state index is 0.117. The maximum atomic E-state index is 11.8. The summed E-state index contributed by atoms with van der Waals surface area (Å²) in [5.41, 5.74) is 5.78. The highest BCUT2D eigenvalue weighted by atomic mass is 31.3. The minimum atomic E-state index is -5.50. The second-order valence-corrected chi connectivity index (χ2v) is 10.8. The molecule has 0 saturated heterocycles. The Kier molecular flexibility index (Phi) is 7.42. The second kappa shape index (κ2) is 8.92. The third-order valence-electron chi connectivity index (χ3n) is 3.24. The summed E-state index contributed by atoms with van der Waals surface area (Å²) in [6, 6.07) is 0. The van der Waals surface area contributed by atoms with E-state index in [1.54, 1.807) is 11.5 Å². The second-order valence-electron chi connectivity index (χ2n) is 6.05. The van der Waals surface area contributed by atoms with Gasteiger partial charge in [-0.2, -0.15) is 4.31 Å². The molecule has 29 heavy (non-hydrogen) atoms. The predicted molar refractivity (Wildman–Crippen MR) is 95.1 cm³/mol. The lowest BCUT2D eigenvalue weighted by Crippen LogP contribution is -2.51. The number of ether oxygens (including phenoxy) is 1. The van der Waals surface area contributed by atoms with E-state index in [-0.39, 0.29) is 24.8 Å². The van der Waals surface area contributed by atoms with Gasteiger partial charge in [0.15, 0.2) is 12.0 Å². The van der Waals surface area contributed by atoms with Gasteiger partial charge in [0, 0.05) is 6.54 Å². The smallest absolute Gasteiger partial charge is 0.368 e. The van der Waals surface area contributed by atoms with Crippen LogP contribution in [0.25, 0.3) is 0 Å². The van der Waals surface area contributed by atoms with Gasteiger partial charge in [0.25, 0.3) is 5.91 Å².